The molecule has 0 amide bonds. The maximum Gasteiger partial charge on any atom is 0.201 e. The molecule has 0 bridgehead atoms. The van der Waals surface area contributed by atoms with Crippen molar-refractivity contribution in [2.24, 2.45) is 0 Å². The molecular formula is C21H16O4. The third-order valence-corrected chi connectivity index (χ3v) is 4.68. The molecule has 2 N–H and O–H groups in total. The van der Waals surface area contributed by atoms with E-state index in [0.29, 0.717) is 16.9 Å². The Morgan fingerprint density at radius 2 is 1.28 bits per heavy atom. The van der Waals surface area contributed by atoms with Crippen LogP contribution in [0.3, 0.4) is 0 Å². The monoisotopic (exact) mass is 332 g/mol. The molecule has 0 fully saturated rings. The number of ketones is 1. The van der Waals surface area contributed by atoms with E-state index in [9.17, 15) is 15.0 Å². The fourth-order valence-electron chi connectivity index (χ4n) is 3.62. The molecule has 3 aromatic rings. The lowest BCUT2D eigenvalue weighted by Gasteiger charge is -2.29. The number of ether oxygens (including phenoxy) is 1. The summed E-state index contributed by atoms with van der Waals surface area (Å²) in [6, 6.07) is 17.6. The predicted molar refractivity (Wildman–Crippen MR) is 93.6 cm³/mol. The average molecular weight is 332 g/mol. The normalized spacial score (nSPS) is 13.2. The first-order valence-electron chi connectivity index (χ1n) is 7.95. The zero-order valence-electron chi connectivity index (χ0n) is 13.6. The molecule has 4 heteroatoms. The summed E-state index contributed by atoms with van der Waals surface area (Å²) in [5, 5.41) is 20.6. The smallest absolute Gasteiger partial charge is 0.201 e. The summed E-state index contributed by atoms with van der Waals surface area (Å²) in [7, 11) is 1.60. The van der Waals surface area contributed by atoms with Crippen molar-refractivity contribution in [2.75, 3.05) is 7.11 Å². The van der Waals surface area contributed by atoms with Crippen molar-refractivity contribution in [1.29, 1.82) is 0 Å². The van der Waals surface area contributed by atoms with Crippen molar-refractivity contribution in [2.45, 2.75) is 5.92 Å². The maximum atomic E-state index is 12.9. The van der Waals surface area contributed by atoms with E-state index in [0.717, 1.165) is 5.56 Å². The van der Waals surface area contributed by atoms with Crippen LogP contribution < -0.4 is 4.74 Å². The number of hydrogen-bond donors (Lipinski definition) is 2. The highest BCUT2D eigenvalue weighted by Crippen LogP contribution is 2.47. The molecular weight excluding hydrogens is 316 g/mol. The van der Waals surface area contributed by atoms with Crippen LogP contribution in [0.2, 0.25) is 0 Å². The van der Waals surface area contributed by atoms with E-state index in [1.165, 1.54) is 12.1 Å². The van der Waals surface area contributed by atoms with Crippen LogP contribution in [-0.4, -0.2) is 23.1 Å². The first-order valence-corrected chi connectivity index (χ1v) is 7.95. The van der Waals surface area contributed by atoms with Gasteiger partial charge in [-0.25, -0.2) is 0 Å². The molecule has 0 aliphatic heterocycles. The Kier molecular flexibility index (Phi) is 3.46. The Morgan fingerprint density at radius 1 is 0.760 bits per heavy atom. The lowest BCUT2D eigenvalue weighted by atomic mass is 9.73. The number of aromatic hydroxyl groups is 2. The van der Waals surface area contributed by atoms with Crippen molar-refractivity contribution in [3.63, 3.8) is 0 Å². The van der Waals surface area contributed by atoms with Crippen LogP contribution in [0.15, 0.2) is 60.7 Å². The Morgan fingerprint density at radius 3 is 1.84 bits per heavy atom. The Balaban J connectivity index is 2.09. The highest BCUT2D eigenvalue weighted by Gasteiger charge is 2.36. The van der Waals surface area contributed by atoms with Crippen LogP contribution in [0, 0.1) is 0 Å². The van der Waals surface area contributed by atoms with E-state index in [1.54, 1.807) is 19.2 Å². The summed E-state index contributed by atoms with van der Waals surface area (Å²) in [6.45, 7) is 0. The van der Waals surface area contributed by atoms with E-state index in [-0.39, 0.29) is 34.3 Å². The first-order chi connectivity index (χ1) is 12.1. The van der Waals surface area contributed by atoms with Gasteiger partial charge in [0.25, 0.3) is 0 Å². The van der Waals surface area contributed by atoms with Gasteiger partial charge in [0.15, 0.2) is 0 Å². The van der Waals surface area contributed by atoms with Crippen LogP contribution in [-0.2, 0) is 0 Å². The predicted octanol–water partition coefficient (Wildman–Crippen LogP) is 3.83. The van der Waals surface area contributed by atoms with E-state index in [4.69, 9.17) is 4.74 Å². The molecule has 0 aromatic heterocycles. The Hall–Kier alpha value is -3.27. The van der Waals surface area contributed by atoms with E-state index < -0.39 is 0 Å². The third-order valence-electron chi connectivity index (χ3n) is 4.68. The summed E-state index contributed by atoms with van der Waals surface area (Å²) < 4.78 is 5.51. The van der Waals surface area contributed by atoms with E-state index >= 15 is 0 Å². The topological polar surface area (TPSA) is 66.8 Å². The molecule has 0 unspecified atom stereocenters. The number of methoxy groups -OCH3 is 1. The van der Waals surface area contributed by atoms with Crippen molar-refractivity contribution in [1.82, 2.24) is 0 Å². The largest absolute Gasteiger partial charge is 0.507 e. The molecule has 124 valence electrons. The summed E-state index contributed by atoms with van der Waals surface area (Å²) in [5.74, 6) is -0.177. The molecule has 0 atom stereocenters. The molecule has 3 aromatic carbocycles. The number of carbonyl (C=O) groups is 1. The highest BCUT2D eigenvalue weighted by atomic mass is 16.5. The summed E-state index contributed by atoms with van der Waals surface area (Å²) in [6.07, 6.45) is 0. The minimum Gasteiger partial charge on any atom is -0.507 e. The Bertz CT molecular complexity index is 935. The molecule has 0 radical (unpaired) electrons. The number of benzene rings is 3. The number of hydrogen-bond acceptors (Lipinski definition) is 4. The van der Waals surface area contributed by atoms with Crippen LogP contribution in [0.25, 0.3) is 0 Å². The van der Waals surface area contributed by atoms with E-state index in [2.05, 4.69) is 0 Å². The van der Waals surface area contributed by atoms with Crippen LogP contribution in [0.5, 0.6) is 17.2 Å². The van der Waals surface area contributed by atoms with Gasteiger partial charge in [-0.15, -0.1) is 0 Å². The van der Waals surface area contributed by atoms with Crippen LogP contribution in [0.1, 0.15) is 38.5 Å². The first kappa shape index (κ1) is 15.3. The molecule has 0 saturated carbocycles. The summed E-state index contributed by atoms with van der Waals surface area (Å²) in [4.78, 5) is 12.9. The van der Waals surface area contributed by atoms with Gasteiger partial charge in [0.05, 0.1) is 18.2 Å². The van der Waals surface area contributed by atoms with Gasteiger partial charge < -0.3 is 14.9 Å². The van der Waals surface area contributed by atoms with Crippen molar-refractivity contribution in [3.8, 4) is 17.2 Å². The SMILES string of the molecule is COc1ccccc1C1c2cccc(O)c2C(=O)c2c(O)cccc21. The fraction of sp³-hybridized carbons (Fsp3) is 0.0952. The van der Waals surface area contributed by atoms with Gasteiger partial charge >= 0.3 is 0 Å². The maximum absolute atomic E-state index is 12.9. The number of fused-ring (bicyclic) bond motifs is 2. The molecule has 4 nitrogen and oxygen atoms in total. The molecule has 0 saturated heterocycles. The number of phenolic OH excluding ortho intramolecular Hbond substituents is 2. The number of phenols is 2. The lowest BCUT2D eigenvalue weighted by Crippen LogP contribution is -2.21. The van der Waals surface area contributed by atoms with Gasteiger partial charge in [-0.3, -0.25) is 4.79 Å². The van der Waals surface area contributed by atoms with Gasteiger partial charge in [-0.05, 0) is 29.3 Å². The van der Waals surface area contributed by atoms with E-state index in [1.807, 2.05) is 36.4 Å². The molecule has 4 rings (SSSR count). The molecule has 1 aliphatic carbocycles. The van der Waals surface area contributed by atoms with Gasteiger partial charge in [0, 0.05) is 11.5 Å². The average Bonchev–Trinajstić information content (AvgIpc) is 2.62. The second-order valence-electron chi connectivity index (χ2n) is 5.99. The van der Waals surface area contributed by atoms with Crippen LogP contribution in [0.4, 0.5) is 0 Å². The zero-order valence-corrected chi connectivity index (χ0v) is 13.6. The van der Waals surface area contributed by atoms with Gasteiger partial charge in [0.2, 0.25) is 5.78 Å². The van der Waals surface area contributed by atoms with Gasteiger partial charge in [-0.2, -0.15) is 0 Å². The Labute approximate surface area is 144 Å². The number of rotatable bonds is 2. The lowest BCUT2D eigenvalue weighted by molar-refractivity contribution is 0.102. The van der Waals surface area contributed by atoms with Crippen LogP contribution >= 0.6 is 0 Å². The number of para-hydroxylation sites is 1. The zero-order chi connectivity index (χ0) is 17.6. The van der Waals surface area contributed by atoms with Crippen molar-refractivity contribution in [3.05, 3.63) is 88.5 Å². The minimum atomic E-state index is -0.368. The molecule has 1 aliphatic rings. The highest BCUT2D eigenvalue weighted by molar-refractivity contribution is 6.16. The van der Waals surface area contributed by atoms with Gasteiger partial charge in [-0.1, -0.05) is 42.5 Å². The second kappa shape index (κ2) is 5.67. The van der Waals surface area contributed by atoms with Crippen molar-refractivity contribution < 1.29 is 19.7 Å². The summed E-state index contributed by atoms with van der Waals surface area (Å²) in [5.41, 5.74) is 2.73. The summed E-state index contributed by atoms with van der Waals surface area (Å²) >= 11 is 0. The van der Waals surface area contributed by atoms with Gasteiger partial charge in [0.1, 0.15) is 17.2 Å². The fourth-order valence-corrected chi connectivity index (χ4v) is 3.62. The van der Waals surface area contributed by atoms with Crippen molar-refractivity contribution >= 4 is 5.78 Å². The second-order valence-corrected chi connectivity index (χ2v) is 5.99. The molecule has 25 heavy (non-hydrogen) atoms. The quantitative estimate of drug-likeness (QED) is 0.585. The molecule has 0 spiro atoms. The third kappa shape index (κ3) is 2.18. The minimum absolute atomic E-state index is 0.0868. The number of carbonyl (C=O) groups excluding carboxylic acids is 1. The standard InChI is InChI=1S/C21H16O4/c1-25-17-11-3-2-6-12(17)18-13-7-4-9-15(22)19(13)21(24)20-14(18)8-5-10-16(20)23/h2-11,18,22-23H,1H3. The molecule has 0 heterocycles.